The van der Waals surface area contributed by atoms with E-state index in [4.69, 9.17) is 4.74 Å². The third-order valence-corrected chi connectivity index (χ3v) is 4.13. The van der Waals surface area contributed by atoms with E-state index in [9.17, 15) is 9.59 Å². The molecule has 128 valence electrons. The lowest BCUT2D eigenvalue weighted by Crippen LogP contribution is -2.42. The van der Waals surface area contributed by atoms with E-state index in [1.807, 2.05) is 0 Å². The van der Waals surface area contributed by atoms with Gasteiger partial charge in [0.15, 0.2) is 0 Å². The van der Waals surface area contributed by atoms with Gasteiger partial charge >= 0.3 is 0 Å². The van der Waals surface area contributed by atoms with E-state index in [1.54, 1.807) is 30.0 Å². The molecule has 1 aromatic carbocycles. The zero-order chi connectivity index (χ0) is 17.4. The van der Waals surface area contributed by atoms with Gasteiger partial charge in [-0.15, -0.1) is 0 Å². The van der Waals surface area contributed by atoms with Crippen LogP contribution in [0.3, 0.4) is 0 Å². The summed E-state index contributed by atoms with van der Waals surface area (Å²) in [6, 6.07) is 6.60. The minimum atomic E-state index is -0.422. The van der Waals surface area contributed by atoms with Gasteiger partial charge in [0.1, 0.15) is 23.0 Å². The molecule has 1 aliphatic rings. The van der Waals surface area contributed by atoms with E-state index in [-0.39, 0.29) is 11.5 Å². The Balaban J connectivity index is 1.57. The first-order valence-corrected chi connectivity index (χ1v) is 7.89. The molecule has 1 fully saturated rings. The molecule has 9 heteroatoms. The minimum Gasteiger partial charge on any atom is -0.368 e. The van der Waals surface area contributed by atoms with Gasteiger partial charge in [-0.25, -0.2) is 4.98 Å². The number of hydrogen-bond donors (Lipinski definition) is 2. The second-order valence-corrected chi connectivity index (χ2v) is 5.89. The lowest BCUT2D eigenvalue weighted by Gasteiger charge is -2.32. The van der Waals surface area contributed by atoms with E-state index >= 15 is 0 Å². The molecule has 3 aromatic rings. The van der Waals surface area contributed by atoms with Gasteiger partial charge < -0.3 is 14.6 Å². The number of ether oxygens (including phenoxy) is 1. The third-order valence-electron chi connectivity index (χ3n) is 4.13. The molecule has 2 N–H and O–H groups in total. The summed E-state index contributed by atoms with van der Waals surface area (Å²) >= 11 is 0. The van der Waals surface area contributed by atoms with Gasteiger partial charge in [0.25, 0.3) is 11.5 Å². The second kappa shape index (κ2) is 6.10. The number of H-pyrrole nitrogens is 2. The van der Waals surface area contributed by atoms with E-state index < -0.39 is 6.10 Å². The highest BCUT2D eigenvalue weighted by atomic mass is 16.5. The Morgan fingerprint density at radius 2 is 2.12 bits per heavy atom. The Morgan fingerprint density at radius 3 is 2.96 bits per heavy atom. The molecule has 0 saturated carbocycles. The number of carbonyl (C=O) groups excluding carboxylic acids is 1. The molecule has 3 heterocycles. The summed E-state index contributed by atoms with van der Waals surface area (Å²) in [6.45, 7) is 2.92. The topological polar surface area (TPSA) is 117 Å². The van der Waals surface area contributed by atoms with Crippen molar-refractivity contribution in [2.45, 2.75) is 13.0 Å². The number of morpholine rings is 1. The molecule has 4 rings (SSSR count). The van der Waals surface area contributed by atoms with E-state index in [0.29, 0.717) is 47.8 Å². The van der Waals surface area contributed by atoms with Crippen molar-refractivity contribution in [3.05, 3.63) is 51.7 Å². The quantitative estimate of drug-likeness (QED) is 0.704. The molecule has 1 atom stereocenters. The van der Waals surface area contributed by atoms with Crippen molar-refractivity contribution in [3.63, 3.8) is 0 Å². The average molecular weight is 340 g/mol. The predicted octanol–water partition coefficient (Wildman–Crippen LogP) is 0.563. The van der Waals surface area contributed by atoms with Crippen LogP contribution in [0.5, 0.6) is 0 Å². The molecule has 0 aliphatic carbocycles. The molecule has 0 unspecified atom stereocenters. The maximum atomic E-state index is 12.8. The van der Waals surface area contributed by atoms with Crippen molar-refractivity contribution in [2.24, 2.45) is 0 Å². The van der Waals surface area contributed by atoms with Crippen LogP contribution in [0.4, 0.5) is 0 Å². The number of nitrogens with one attached hydrogen (secondary N) is 2. The summed E-state index contributed by atoms with van der Waals surface area (Å²) in [4.78, 5) is 33.1. The Hall–Kier alpha value is -3.07. The Kier molecular flexibility index (Phi) is 3.77. The standard InChI is InChI=1S/C16H16N6O3/c1-9-17-13(7-15(23)18-9)14-8-22(4-5-25-14)16(24)10-2-3-11-12(6-10)20-21-19-11/h2-3,6-7,14H,4-5,8H2,1H3,(H,17,18,23)(H,19,20,21)/t14-/m0/s1. The van der Waals surface area contributed by atoms with Gasteiger partial charge in [0, 0.05) is 18.2 Å². The first-order valence-electron chi connectivity index (χ1n) is 7.89. The summed E-state index contributed by atoms with van der Waals surface area (Å²) in [6.07, 6.45) is -0.422. The predicted molar refractivity (Wildman–Crippen MR) is 88.1 cm³/mol. The van der Waals surface area contributed by atoms with Crippen molar-refractivity contribution < 1.29 is 9.53 Å². The van der Waals surface area contributed by atoms with Crippen LogP contribution in [0.2, 0.25) is 0 Å². The Bertz CT molecular complexity index is 995. The van der Waals surface area contributed by atoms with Crippen LogP contribution in [0.1, 0.15) is 28.0 Å². The lowest BCUT2D eigenvalue weighted by molar-refractivity contribution is -0.0248. The van der Waals surface area contributed by atoms with Crippen LogP contribution >= 0.6 is 0 Å². The van der Waals surface area contributed by atoms with Crippen molar-refractivity contribution in [2.75, 3.05) is 19.7 Å². The number of aryl methyl sites for hydroxylation is 1. The number of fused-ring (bicyclic) bond motifs is 1. The summed E-state index contributed by atoms with van der Waals surface area (Å²) in [5, 5.41) is 10.5. The summed E-state index contributed by atoms with van der Waals surface area (Å²) in [5.74, 6) is 0.408. The summed E-state index contributed by atoms with van der Waals surface area (Å²) < 4.78 is 5.71. The number of benzene rings is 1. The highest BCUT2D eigenvalue weighted by molar-refractivity contribution is 5.97. The number of aromatic nitrogens is 5. The molecule has 1 saturated heterocycles. The Labute approximate surface area is 142 Å². The van der Waals surface area contributed by atoms with Crippen molar-refractivity contribution in [1.29, 1.82) is 0 Å². The molecule has 1 amide bonds. The summed E-state index contributed by atoms with van der Waals surface area (Å²) in [5.41, 5.74) is 2.19. The van der Waals surface area contributed by atoms with Gasteiger partial charge in [-0.1, -0.05) is 0 Å². The van der Waals surface area contributed by atoms with Crippen LogP contribution < -0.4 is 5.56 Å². The van der Waals surface area contributed by atoms with Crippen LogP contribution in [0, 0.1) is 6.92 Å². The Morgan fingerprint density at radius 1 is 1.28 bits per heavy atom. The number of nitrogens with zero attached hydrogens (tertiary/aromatic N) is 4. The molecule has 0 spiro atoms. The molecule has 9 nitrogen and oxygen atoms in total. The van der Waals surface area contributed by atoms with Gasteiger partial charge in [-0.3, -0.25) is 9.59 Å². The SMILES string of the molecule is Cc1nc([C@@H]2CN(C(=O)c3ccc4n[nH]nc4c3)CCO2)cc(=O)[nH]1. The number of amides is 1. The fourth-order valence-electron chi connectivity index (χ4n) is 2.94. The maximum absolute atomic E-state index is 12.8. The fraction of sp³-hybridized carbons (Fsp3) is 0.312. The van der Waals surface area contributed by atoms with Gasteiger partial charge in [0.05, 0.1) is 18.8 Å². The van der Waals surface area contributed by atoms with Crippen molar-refractivity contribution in [1.82, 2.24) is 30.3 Å². The molecule has 0 bridgehead atoms. The molecule has 25 heavy (non-hydrogen) atoms. The van der Waals surface area contributed by atoms with Crippen LogP contribution in [0.25, 0.3) is 11.0 Å². The molecule has 1 aliphatic heterocycles. The van der Waals surface area contributed by atoms with Crippen LogP contribution in [-0.4, -0.2) is 55.9 Å². The zero-order valence-corrected chi connectivity index (χ0v) is 13.5. The van der Waals surface area contributed by atoms with Crippen LogP contribution in [0.15, 0.2) is 29.1 Å². The van der Waals surface area contributed by atoms with Gasteiger partial charge in [-0.05, 0) is 25.1 Å². The number of rotatable bonds is 2. The van der Waals surface area contributed by atoms with E-state index in [0.717, 1.165) is 0 Å². The van der Waals surface area contributed by atoms with E-state index in [2.05, 4.69) is 25.4 Å². The molecular formula is C16H16N6O3. The maximum Gasteiger partial charge on any atom is 0.254 e. The second-order valence-electron chi connectivity index (χ2n) is 5.89. The highest BCUT2D eigenvalue weighted by Crippen LogP contribution is 2.22. The first kappa shape index (κ1) is 15.5. The molecular weight excluding hydrogens is 324 g/mol. The smallest absolute Gasteiger partial charge is 0.254 e. The minimum absolute atomic E-state index is 0.111. The monoisotopic (exact) mass is 340 g/mol. The number of aromatic amines is 2. The molecule has 0 radical (unpaired) electrons. The number of carbonyl (C=O) groups is 1. The first-order chi connectivity index (χ1) is 12.1. The highest BCUT2D eigenvalue weighted by Gasteiger charge is 2.27. The molecule has 2 aromatic heterocycles. The van der Waals surface area contributed by atoms with Crippen molar-refractivity contribution >= 4 is 16.9 Å². The lowest BCUT2D eigenvalue weighted by atomic mass is 10.1. The van der Waals surface area contributed by atoms with Crippen molar-refractivity contribution in [3.8, 4) is 0 Å². The largest absolute Gasteiger partial charge is 0.368 e. The zero-order valence-electron chi connectivity index (χ0n) is 13.5. The fourth-order valence-corrected chi connectivity index (χ4v) is 2.94. The van der Waals surface area contributed by atoms with Gasteiger partial charge in [0.2, 0.25) is 0 Å². The third kappa shape index (κ3) is 3.01. The average Bonchev–Trinajstić information content (AvgIpc) is 3.08. The normalized spacial score (nSPS) is 17.8. The summed E-state index contributed by atoms with van der Waals surface area (Å²) in [7, 11) is 0. The number of hydrogen-bond acceptors (Lipinski definition) is 6. The van der Waals surface area contributed by atoms with Gasteiger partial charge in [-0.2, -0.15) is 15.4 Å². The van der Waals surface area contributed by atoms with Crippen LogP contribution in [-0.2, 0) is 4.74 Å². The van der Waals surface area contributed by atoms with E-state index in [1.165, 1.54) is 6.07 Å².